The Kier molecular flexibility index (Phi) is 6.35. The van der Waals surface area contributed by atoms with Gasteiger partial charge in [0.05, 0.1) is 18.9 Å². The first-order valence-electron chi connectivity index (χ1n) is 13.2. The van der Waals surface area contributed by atoms with Crippen molar-refractivity contribution in [3.05, 3.63) is 84.4 Å². The second kappa shape index (κ2) is 9.97. The fourth-order valence-electron chi connectivity index (χ4n) is 6.54. The smallest absolute Gasteiger partial charge is 0.248 e. The van der Waals surface area contributed by atoms with Crippen LogP contribution < -0.4 is 14.8 Å². The first-order chi connectivity index (χ1) is 18.5. The van der Waals surface area contributed by atoms with Gasteiger partial charge in [-0.25, -0.2) is 0 Å². The zero-order chi connectivity index (χ0) is 26.2. The zero-order valence-electron chi connectivity index (χ0n) is 21.2. The highest BCUT2D eigenvalue weighted by Gasteiger charge is 2.62. The summed E-state index contributed by atoms with van der Waals surface area (Å²) in [5, 5.41) is 2.93. The molecule has 3 amide bonds. The van der Waals surface area contributed by atoms with Crippen LogP contribution in [0.5, 0.6) is 17.2 Å². The molecule has 1 N–H and O–H groups in total. The number of carbonyl (C=O) groups is 3. The number of ether oxygens (including phenoxy) is 2. The maximum absolute atomic E-state index is 13.6. The van der Waals surface area contributed by atoms with E-state index in [1.54, 1.807) is 31.4 Å². The summed E-state index contributed by atoms with van der Waals surface area (Å²) in [6.07, 6.45) is 3.22. The predicted molar refractivity (Wildman–Crippen MR) is 142 cm³/mol. The SMILES string of the molecule is COc1ccccc1Oc1ccc(NC(=O)[C@@H](Cc2ccccc2)N2C(=O)[C@@H]3[C@@H]4CC[C@@H](C4)[C@@H]3C2=O)cc1. The third-order valence-corrected chi connectivity index (χ3v) is 8.27. The number of para-hydroxylation sites is 2. The molecule has 3 aliphatic rings. The lowest BCUT2D eigenvalue weighted by Crippen LogP contribution is -2.49. The molecule has 1 heterocycles. The molecule has 3 fully saturated rings. The Morgan fingerprint density at radius 2 is 1.47 bits per heavy atom. The number of hydrogen-bond donors (Lipinski definition) is 1. The second-order valence-corrected chi connectivity index (χ2v) is 10.4. The maximum atomic E-state index is 13.6. The van der Waals surface area contributed by atoms with E-state index in [9.17, 15) is 14.4 Å². The summed E-state index contributed by atoms with van der Waals surface area (Å²) in [5.41, 5.74) is 1.45. The lowest BCUT2D eigenvalue weighted by atomic mass is 9.81. The van der Waals surface area contributed by atoms with Crippen LogP contribution in [0.25, 0.3) is 0 Å². The molecule has 2 bridgehead atoms. The van der Waals surface area contributed by atoms with Crippen LogP contribution in [0.4, 0.5) is 5.69 Å². The summed E-state index contributed by atoms with van der Waals surface area (Å²) < 4.78 is 11.3. The highest BCUT2D eigenvalue weighted by Crippen LogP contribution is 2.56. The molecule has 2 saturated carbocycles. The molecule has 6 rings (SSSR count). The van der Waals surface area contributed by atoms with Crippen molar-refractivity contribution < 1.29 is 23.9 Å². The molecule has 7 heteroatoms. The summed E-state index contributed by atoms with van der Waals surface area (Å²) in [5.74, 6) is 1.06. The van der Waals surface area contributed by atoms with E-state index in [0.717, 1.165) is 24.8 Å². The highest BCUT2D eigenvalue weighted by molar-refractivity contribution is 6.10. The van der Waals surface area contributed by atoms with Crippen molar-refractivity contribution in [1.29, 1.82) is 0 Å². The summed E-state index contributed by atoms with van der Waals surface area (Å²) >= 11 is 0. The minimum Gasteiger partial charge on any atom is -0.493 e. The number of rotatable bonds is 8. The molecule has 38 heavy (non-hydrogen) atoms. The van der Waals surface area contributed by atoms with Crippen molar-refractivity contribution in [1.82, 2.24) is 4.90 Å². The van der Waals surface area contributed by atoms with Gasteiger partial charge in [0.15, 0.2) is 11.5 Å². The van der Waals surface area contributed by atoms with E-state index < -0.39 is 6.04 Å². The summed E-state index contributed by atoms with van der Waals surface area (Å²) in [4.78, 5) is 42.0. The van der Waals surface area contributed by atoms with E-state index in [1.807, 2.05) is 54.6 Å². The first kappa shape index (κ1) is 24.2. The van der Waals surface area contributed by atoms with E-state index in [0.29, 0.717) is 22.9 Å². The van der Waals surface area contributed by atoms with Crippen LogP contribution in [0.15, 0.2) is 78.9 Å². The number of methoxy groups -OCH3 is 1. The van der Waals surface area contributed by atoms with Gasteiger partial charge in [0.25, 0.3) is 0 Å². The molecule has 5 atom stereocenters. The van der Waals surface area contributed by atoms with Gasteiger partial charge in [-0.05, 0) is 73.1 Å². The van der Waals surface area contributed by atoms with Gasteiger partial charge < -0.3 is 14.8 Å². The third-order valence-electron chi connectivity index (χ3n) is 8.27. The van der Waals surface area contributed by atoms with Gasteiger partial charge in [-0.1, -0.05) is 42.5 Å². The average molecular weight is 511 g/mol. The molecule has 0 unspecified atom stereocenters. The molecule has 194 valence electrons. The highest BCUT2D eigenvalue weighted by atomic mass is 16.5. The minimum absolute atomic E-state index is 0.177. The number of anilines is 1. The average Bonchev–Trinajstić information content (AvgIpc) is 3.63. The quantitative estimate of drug-likeness (QED) is 0.428. The van der Waals surface area contributed by atoms with Crippen LogP contribution in [0, 0.1) is 23.7 Å². The lowest BCUT2D eigenvalue weighted by Gasteiger charge is -2.27. The molecular weight excluding hydrogens is 480 g/mol. The zero-order valence-corrected chi connectivity index (χ0v) is 21.2. The summed E-state index contributed by atoms with van der Waals surface area (Å²) in [7, 11) is 1.58. The molecule has 2 aliphatic carbocycles. The van der Waals surface area contributed by atoms with Crippen molar-refractivity contribution in [2.24, 2.45) is 23.7 Å². The van der Waals surface area contributed by atoms with E-state index in [-0.39, 0.29) is 47.8 Å². The lowest BCUT2D eigenvalue weighted by molar-refractivity contribution is -0.147. The fraction of sp³-hybridized carbons (Fsp3) is 0.323. The molecular formula is C31H30N2O5. The number of hydrogen-bond acceptors (Lipinski definition) is 5. The number of benzene rings is 3. The van der Waals surface area contributed by atoms with Crippen LogP contribution in [-0.2, 0) is 20.8 Å². The topological polar surface area (TPSA) is 84.9 Å². The minimum atomic E-state index is -0.910. The van der Waals surface area contributed by atoms with Gasteiger partial charge in [-0.15, -0.1) is 0 Å². The van der Waals surface area contributed by atoms with Crippen LogP contribution >= 0.6 is 0 Å². The fourth-order valence-corrected chi connectivity index (χ4v) is 6.54. The number of imide groups is 1. The number of likely N-dealkylation sites (tertiary alicyclic amines) is 1. The summed E-state index contributed by atoms with van der Waals surface area (Å²) in [6.45, 7) is 0. The first-order valence-corrected chi connectivity index (χ1v) is 13.2. The number of carbonyl (C=O) groups excluding carboxylic acids is 3. The Morgan fingerprint density at radius 1 is 0.868 bits per heavy atom. The van der Waals surface area contributed by atoms with E-state index >= 15 is 0 Å². The summed E-state index contributed by atoms with van der Waals surface area (Å²) in [6, 6.07) is 23.0. The van der Waals surface area contributed by atoms with Crippen molar-refractivity contribution in [2.45, 2.75) is 31.7 Å². The predicted octanol–water partition coefficient (Wildman–Crippen LogP) is 5.07. The van der Waals surface area contributed by atoms with Crippen molar-refractivity contribution in [2.75, 3.05) is 12.4 Å². The standard InChI is InChI=1S/C31H30N2O5/c1-37-25-9-5-6-10-26(25)38-23-15-13-22(14-16-23)32-29(34)24(17-19-7-3-2-4-8-19)33-30(35)27-20-11-12-21(18-20)28(27)31(33)36/h2-10,13-16,20-21,24,27-28H,11-12,17-18H2,1H3,(H,32,34)/t20-,21+,24-,27-,28+/m1/s1. The van der Waals surface area contributed by atoms with E-state index in [2.05, 4.69) is 5.32 Å². The third kappa shape index (κ3) is 4.32. The molecule has 0 radical (unpaired) electrons. The molecule has 3 aromatic rings. The Hall–Kier alpha value is -4.13. The van der Waals surface area contributed by atoms with Crippen LogP contribution in [-0.4, -0.2) is 35.8 Å². The van der Waals surface area contributed by atoms with E-state index in [4.69, 9.17) is 9.47 Å². The van der Waals surface area contributed by atoms with Crippen LogP contribution in [0.2, 0.25) is 0 Å². The monoisotopic (exact) mass is 510 g/mol. The Labute approximate surface area is 221 Å². The Balaban J connectivity index is 1.22. The molecule has 1 saturated heterocycles. The molecule has 3 aromatic carbocycles. The normalized spacial score (nSPS) is 24.3. The number of nitrogens with one attached hydrogen (secondary N) is 1. The van der Waals surface area contributed by atoms with E-state index in [1.165, 1.54) is 4.90 Å². The van der Waals surface area contributed by atoms with Crippen molar-refractivity contribution >= 4 is 23.4 Å². The number of nitrogens with zero attached hydrogens (tertiary/aromatic N) is 1. The van der Waals surface area contributed by atoms with Gasteiger partial charge in [0.2, 0.25) is 17.7 Å². The van der Waals surface area contributed by atoms with Gasteiger partial charge in [0, 0.05) is 12.1 Å². The second-order valence-electron chi connectivity index (χ2n) is 10.4. The van der Waals surface area contributed by atoms with Gasteiger partial charge in [0.1, 0.15) is 11.8 Å². The molecule has 0 spiro atoms. The number of amides is 3. The largest absolute Gasteiger partial charge is 0.493 e. The van der Waals surface area contributed by atoms with Crippen molar-refractivity contribution in [3.8, 4) is 17.2 Å². The molecule has 7 nitrogen and oxygen atoms in total. The van der Waals surface area contributed by atoms with Crippen LogP contribution in [0.3, 0.4) is 0 Å². The van der Waals surface area contributed by atoms with Crippen molar-refractivity contribution in [3.63, 3.8) is 0 Å². The number of fused-ring (bicyclic) bond motifs is 5. The maximum Gasteiger partial charge on any atom is 0.248 e. The molecule has 1 aliphatic heterocycles. The van der Waals surface area contributed by atoms with Gasteiger partial charge in [-0.2, -0.15) is 0 Å². The van der Waals surface area contributed by atoms with Gasteiger partial charge >= 0.3 is 0 Å². The Morgan fingerprint density at radius 3 is 2.11 bits per heavy atom. The van der Waals surface area contributed by atoms with Gasteiger partial charge in [-0.3, -0.25) is 19.3 Å². The molecule has 0 aromatic heterocycles. The van der Waals surface area contributed by atoms with Crippen LogP contribution in [0.1, 0.15) is 24.8 Å². The Bertz CT molecular complexity index is 1330.